The van der Waals surface area contributed by atoms with Crippen molar-refractivity contribution >= 4 is 40.0 Å². The van der Waals surface area contributed by atoms with Crippen molar-refractivity contribution in [3.8, 4) is 11.1 Å². The monoisotopic (exact) mass is 433 g/mol. The van der Waals surface area contributed by atoms with Crippen molar-refractivity contribution in [2.24, 2.45) is 5.73 Å². The van der Waals surface area contributed by atoms with Crippen molar-refractivity contribution in [3.05, 3.63) is 51.7 Å². The average Bonchev–Trinajstić information content (AvgIpc) is 2.70. The molecule has 0 aliphatic heterocycles. The van der Waals surface area contributed by atoms with E-state index in [0.29, 0.717) is 36.4 Å². The molecular weight excluding hydrogens is 413 g/mol. The second-order valence-corrected chi connectivity index (χ2v) is 6.86. The molecule has 8 nitrogen and oxygen atoms in total. The molecular formula is C20H21ClFN5O3. The van der Waals surface area contributed by atoms with Gasteiger partial charge < -0.3 is 25.7 Å². The number of nitrogens with zero attached hydrogens (tertiary/aromatic N) is 2. The number of aromatic nitrogens is 2. The Bertz CT molecular complexity index is 1170. The van der Waals surface area contributed by atoms with Crippen molar-refractivity contribution in [1.82, 2.24) is 9.55 Å². The topological polar surface area (TPSA) is 111 Å². The van der Waals surface area contributed by atoms with Gasteiger partial charge in [0.15, 0.2) is 0 Å². The molecule has 158 valence electrons. The molecule has 1 aromatic carbocycles. The number of hydrogen-bond donors (Lipinski definition) is 3. The molecule has 0 aliphatic rings. The number of nitrogens with two attached hydrogens (primary N) is 1. The molecule has 0 atom stereocenters. The number of halogens is 2. The van der Waals surface area contributed by atoms with Gasteiger partial charge in [-0.15, -0.1) is 0 Å². The fourth-order valence-corrected chi connectivity index (χ4v) is 3.39. The van der Waals surface area contributed by atoms with Crippen LogP contribution in [0.25, 0.3) is 22.0 Å². The van der Waals surface area contributed by atoms with Gasteiger partial charge >= 0.3 is 6.03 Å². The molecule has 2 amide bonds. The maximum Gasteiger partial charge on any atom is 0.316 e. The Hall–Kier alpha value is -3.17. The highest BCUT2D eigenvalue weighted by molar-refractivity contribution is 6.33. The number of amides is 2. The minimum absolute atomic E-state index is 0.0347. The fraction of sp³-hybridized carbons (Fsp3) is 0.250. The number of primary amides is 1. The summed E-state index contributed by atoms with van der Waals surface area (Å²) in [6, 6.07) is 4.82. The normalized spacial score (nSPS) is 10.9. The Kier molecular flexibility index (Phi) is 6.53. The van der Waals surface area contributed by atoms with Gasteiger partial charge in [0.2, 0.25) is 0 Å². The van der Waals surface area contributed by atoms with Crippen LogP contribution < -0.4 is 21.9 Å². The van der Waals surface area contributed by atoms with Gasteiger partial charge in [0, 0.05) is 49.0 Å². The minimum Gasteiger partial charge on any atom is -0.383 e. The molecule has 0 aliphatic carbocycles. The summed E-state index contributed by atoms with van der Waals surface area (Å²) in [5, 5.41) is 6.06. The van der Waals surface area contributed by atoms with Gasteiger partial charge in [-0.25, -0.2) is 14.2 Å². The van der Waals surface area contributed by atoms with Crippen LogP contribution in [0, 0.1) is 5.82 Å². The van der Waals surface area contributed by atoms with Crippen LogP contribution in [-0.2, 0) is 11.3 Å². The van der Waals surface area contributed by atoms with Crippen LogP contribution in [0.4, 0.5) is 20.7 Å². The van der Waals surface area contributed by atoms with E-state index in [0.717, 1.165) is 6.07 Å². The predicted octanol–water partition coefficient (Wildman–Crippen LogP) is 3.42. The second-order valence-electron chi connectivity index (χ2n) is 6.46. The summed E-state index contributed by atoms with van der Waals surface area (Å²) < 4.78 is 20.7. The highest BCUT2D eigenvalue weighted by Crippen LogP contribution is 2.32. The molecule has 0 saturated carbocycles. The fourth-order valence-electron chi connectivity index (χ4n) is 3.14. The first-order valence-electron chi connectivity index (χ1n) is 9.18. The van der Waals surface area contributed by atoms with Crippen LogP contribution in [0.3, 0.4) is 0 Å². The van der Waals surface area contributed by atoms with Crippen molar-refractivity contribution < 1.29 is 13.9 Å². The second kappa shape index (κ2) is 9.10. The van der Waals surface area contributed by atoms with E-state index in [1.165, 1.54) is 6.07 Å². The first-order chi connectivity index (χ1) is 14.3. The molecule has 3 rings (SSSR count). The summed E-state index contributed by atoms with van der Waals surface area (Å²) in [6.45, 7) is 3.33. The molecule has 0 unspecified atom stereocenters. The number of anilines is 2. The maximum atomic E-state index is 14.1. The quantitative estimate of drug-likeness (QED) is 0.494. The van der Waals surface area contributed by atoms with Gasteiger partial charge in [-0.1, -0.05) is 11.6 Å². The number of nitrogens with one attached hydrogen (secondary N) is 2. The number of benzene rings is 1. The van der Waals surface area contributed by atoms with E-state index >= 15 is 0 Å². The summed E-state index contributed by atoms with van der Waals surface area (Å²) in [7, 11) is 1.61. The lowest BCUT2D eigenvalue weighted by Crippen LogP contribution is -2.22. The first kappa shape index (κ1) is 21.5. The molecule has 0 bridgehead atoms. The van der Waals surface area contributed by atoms with Crippen LogP contribution in [0.5, 0.6) is 0 Å². The van der Waals surface area contributed by atoms with Crippen molar-refractivity contribution in [2.75, 3.05) is 30.9 Å². The van der Waals surface area contributed by atoms with Crippen molar-refractivity contribution in [3.63, 3.8) is 0 Å². The maximum absolute atomic E-state index is 14.1. The van der Waals surface area contributed by atoms with Gasteiger partial charge in [0.05, 0.1) is 22.8 Å². The molecule has 0 radical (unpaired) electrons. The van der Waals surface area contributed by atoms with E-state index in [2.05, 4.69) is 15.6 Å². The lowest BCUT2D eigenvalue weighted by molar-refractivity contribution is 0.210. The smallest absolute Gasteiger partial charge is 0.316 e. The number of fused-ring (bicyclic) bond motifs is 1. The van der Waals surface area contributed by atoms with Crippen molar-refractivity contribution in [2.45, 2.75) is 13.5 Å². The third kappa shape index (κ3) is 4.37. The summed E-state index contributed by atoms with van der Waals surface area (Å²) in [6.07, 6.45) is 1.64. The zero-order valence-corrected chi connectivity index (χ0v) is 17.2. The molecule has 2 aromatic heterocycles. The highest BCUT2D eigenvalue weighted by Gasteiger charge is 2.17. The van der Waals surface area contributed by atoms with Gasteiger partial charge in [-0.2, -0.15) is 0 Å². The third-order valence-electron chi connectivity index (χ3n) is 4.51. The Morgan fingerprint density at radius 3 is 2.73 bits per heavy atom. The zero-order chi connectivity index (χ0) is 21.8. The van der Waals surface area contributed by atoms with Gasteiger partial charge in [0.1, 0.15) is 11.6 Å². The summed E-state index contributed by atoms with van der Waals surface area (Å²) in [5.74, 6) is -0.144. The standard InChI is InChI=1S/C20H21ClFN5O3/c1-3-27-17-9-18(24-4-5-30-2)25-10-11(17)6-13(19(27)28)12-7-16(26-20(23)29)15(22)8-14(12)21/h6-10H,3-5H2,1-2H3,(H,24,25)(H3,23,26,29). The Labute approximate surface area is 176 Å². The van der Waals surface area contributed by atoms with Crippen LogP contribution in [0.15, 0.2) is 35.3 Å². The number of pyridine rings is 2. The van der Waals surface area contributed by atoms with Crippen LogP contribution in [0.2, 0.25) is 5.02 Å². The number of hydrogen-bond acceptors (Lipinski definition) is 5. The first-order valence-corrected chi connectivity index (χ1v) is 9.55. The van der Waals surface area contributed by atoms with Gasteiger partial charge in [-0.3, -0.25) is 4.79 Å². The molecule has 10 heteroatoms. The summed E-state index contributed by atoms with van der Waals surface area (Å²) >= 11 is 6.22. The molecule has 4 N–H and O–H groups in total. The van der Waals surface area contributed by atoms with E-state index in [1.807, 2.05) is 6.92 Å². The Balaban J connectivity index is 2.16. The van der Waals surface area contributed by atoms with E-state index in [9.17, 15) is 14.0 Å². The summed E-state index contributed by atoms with van der Waals surface area (Å²) in [4.78, 5) is 28.7. The van der Waals surface area contributed by atoms with Crippen molar-refractivity contribution in [1.29, 1.82) is 0 Å². The lowest BCUT2D eigenvalue weighted by atomic mass is 10.0. The molecule has 2 heterocycles. The van der Waals surface area contributed by atoms with Crippen LogP contribution in [0.1, 0.15) is 6.92 Å². The zero-order valence-electron chi connectivity index (χ0n) is 16.5. The number of ether oxygens (including phenoxy) is 1. The summed E-state index contributed by atoms with van der Waals surface area (Å²) in [5.41, 5.74) is 5.84. The average molecular weight is 434 g/mol. The molecule has 3 aromatic rings. The van der Waals surface area contributed by atoms with Crippen LogP contribution >= 0.6 is 11.6 Å². The number of methoxy groups -OCH3 is 1. The number of aryl methyl sites for hydroxylation is 1. The van der Waals surface area contributed by atoms with E-state index in [1.54, 1.807) is 30.0 Å². The SMILES string of the molecule is CCn1c(=O)c(-c2cc(NC(N)=O)c(F)cc2Cl)cc2cnc(NCCOC)cc21. The molecule has 0 fully saturated rings. The Morgan fingerprint density at radius 2 is 2.07 bits per heavy atom. The van der Waals surface area contributed by atoms with E-state index in [4.69, 9.17) is 22.1 Å². The minimum atomic E-state index is -0.927. The number of rotatable bonds is 7. The highest BCUT2D eigenvalue weighted by atomic mass is 35.5. The molecule has 0 saturated heterocycles. The number of carbonyl (C=O) groups excluding carboxylic acids is 1. The van der Waals surface area contributed by atoms with Gasteiger partial charge in [-0.05, 0) is 25.1 Å². The molecule has 30 heavy (non-hydrogen) atoms. The predicted molar refractivity (Wildman–Crippen MR) is 116 cm³/mol. The largest absolute Gasteiger partial charge is 0.383 e. The lowest BCUT2D eigenvalue weighted by Gasteiger charge is -2.14. The van der Waals surface area contributed by atoms with Gasteiger partial charge in [0.25, 0.3) is 5.56 Å². The third-order valence-corrected chi connectivity index (χ3v) is 4.82. The van der Waals surface area contributed by atoms with E-state index < -0.39 is 11.8 Å². The number of carbonyl (C=O) groups is 1. The van der Waals surface area contributed by atoms with E-state index in [-0.39, 0.29) is 27.4 Å². The number of urea groups is 1. The van der Waals surface area contributed by atoms with Crippen LogP contribution in [-0.4, -0.2) is 35.8 Å². The molecule has 0 spiro atoms. The Morgan fingerprint density at radius 1 is 1.30 bits per heavy atom.